The highest BCUT2D eigenvalue weighted by atomic mass is 16.4. The Bertz CT molecular complexity index is 927. The predicted molar refractivity (Wildman–Crippen MR) is 162 cm³/mol. The number of ketones is 1. The molecule has 0 heterocycles. The van der Waals surface area contributed by atoms with Crippen molar-refractivity contribution in [3.63, 3.8) is 0 Å². The lowest BCUT2D eigenvalue weighted by molar-refractivity contribution is -0.138. The Morgan fingerprint density at radius 1 is 0.651 bits per heavy atom. The van der Waals surface area contributed by atoms with Gasteiger partial charge in [0.1, 0.15) is 24.2 Å². The van der Waals surface area contributed by atoms with Crippen LogP contribution >= 0.6 is 0 Å². The highest BCUT2D eigenvalue weighted by molar-refractivity contribution is 5.96. The molecule has 248 valence electrons. The lowest BCUT2D eigenvalue weighted by Crippen LogP contribution is -2.57. The van der Waals surface area contributed by atoms with Crippen LogP contribution in [0.4, 0.5) is 0 Å². The molecule has 0 aliphatic rings. The van der Waals surface area contributed by atoms with Crippen LogP contribution in [0.15, 0.2) is 0 Å². The van der Waals surface area contributed by atoms with E-state index in [1.54, 1.807) is 7.05 Å². The van der Waals surface area contributed by atoms with Crippen molar-refractivity contribution in [3.8, 4) is 0 Å². The quantitative estimate of drug-likeness (QED) is 0.0784. The highest BCUT2D eigenvalue weighted by Crippen LogP contribution is 2.04. The van der Waals surface area contributed by atoms with Gasteiger partial charge in [-0.05, 0) is 73.4 Å². The fourth-order valence-corrected chi connectivity index (χ4v) is 3.68. The number of hydrogen-bond acceptors (Lipinski definition) is 9. The van der Waals surface area contributed by atoms with Crippen LogP contribution in [-0.2, 0) is 33.6 Å². The van der Waals surface area contributed by atoms with E-state index < -0.39 is 71.6 Å². The molecule has 15 heteroatoms. The third-order valence-electron chi connectivity index (χ3n) is 6.36. The van der Waals surface area contributed by atoms with Crippen molar-refractivity contribution < 1.29 is 38.7 Å². The SMILES string of the molecule is CC.CCC(NC)C(=O)NC(CCCCN)C(=O)NC(C)C(=O)NC(C)C(=O)NC(C)C(=O)NC(CCC(=O)O)C(C)=O. The van der Waals surface area contributed by atoms with Crippen molar-refractivity contribution >= 4 is 41.3 Å². The van der Waals surface area contributed by atoms with Gasteiger partial charge < -0.3 is 42.7 Å². The lowest BCUT2D eigenvalue weighted by Gasteiger charge is -2.24. The van der Waals surface area contributed by atoms with E-state index in [4.69, 9.17) is 10.8 Å². The van der Waals surface area contributed by atoms with E-state index in [1.165, 1.54) is 27.7 Å². The van der Waals surface area contributed by atoms with Gasteiger partial charge in [0.15, 0.2) is 5.78 Å². The molecule has 0 aliphatic carbocycles. The van der Waals surface area contributed by atoms with Crippen molar-refractivity contribution in [2.45, 2.75) is 123 Å². The Morgan fingerprint density at radius 2 is 1.07 bits per heavy atom. The Labute approximate surface area is 254 Å². The van der Waals surface area contributed by atoms with Gasteiger partial charge in [-0.15, -0.1) is 0 Å². The molecule has 6 atom stereocenters. The fourth-order valence-electron chi connectivity index (χ4n) is 3.68. The standard InChI is InChI=1S/C26H47N7O8.C2H6/c1-7-18(28-6)25(40)33-20(10-8-9-13-27)26(41)31-15(3)23(38)29-14(2)22(37)30-16(4)24(39)32-19(17(5)34)11-12-21(35)36;1-2/h14-16,18-20,28H,7-13,27H2,1-6H3,(H,29,38)(H,30,37)(H,31,41)(H,32,39)(H,33,40)(H,35,36);1-2H3. The Morgan fingerprint density at radius 3 is 1.47 bits per heavy atom. The van der Waals surface area contributed by atoms with Crippen molar-refractivity contribution in [1.82, 2.24) is 31.9 Å². The van der Waals surface area contributed by atoms with Crippen LogP contribution in [0.3, 0.4) is 0 Å². The minimum Gasteiger partial charge on any atom is -0.481 e. The van der Waals surface area contributed by atoms with E-state index in [-0.39, 0.29) is 18.7 Å². The maximum atomic E-state index is 12.9. The first-order valence-corrected chi connectivity index (χ1v) is 14.8. The molecule has 0 saturated carbocycles. The summed E-state index contributed by atoms with van der Waals surface area (Å²) in [6.45, 7) is 11.7. The van der Waals surface area contributed by atoms with E-state index in [0.717, 1.165) is 0 Å². The number of carbonyl (C=O) groups excluding carboxylic acids is 6. The number of amides is 5. The minimum absolute atomic E-state index is 0.0978. The second-order valence-electron chi connectivity index (χ2n) is 9.89. The molecular weight excluding hydrogens is 562 g/mol. The van der Waals surface area contributed by atoms with Gasteiger partial charge >= 0.3 is 5.97 Å². The summed E-state index contributed by atoms with van der Waals surface area (Å²) in [6, 6.07) is -5.62. The number of rotatable bonds is 20. The summed E-state index contributed by atoms with van der Waals surface area (Å²) in [7, 11) is 1.64. The molecule has 6 unspecified atom stereocenters. The van der Waals surface area contributed by atoms with Crippen LogP contribution in [0.25, 0.3) is 0 Å². The summed E-state index contributed by atoms with van der Waals surface area (Å²) >= 11 is 0. The number of likely N-dealkylation sites (N-methyl/N-ethyl adjacent to an activating group) is 1. The Balaban J connectivity index is 0. The van der Waals surface area contributed by atoms with Crippen LogP contribution in [-0.4, -0.2) is 96.2 Å². The monoisotopic (exact) mass is 615 g/mol. The van der Waals surface area contributed by atoms with E-state index in [9.17, 15) is 33.6 Å². The van der Waals surface area contributed by atoms with Crippen molar-refractivity contribution in [2.75, 3.05) is 13.6 Å². The number of carboxylic acids is 1. The summed E-state index contributed by atoms with van der Waals surface area (Å²) in [6.07, 6.45) is 1.66. The van der Waals surface area contributed by atoms with Crippen molar-refractivity contribution in [1.29, 1.82) is 0 Å². The molecule has 9 N–H and O–H groups in total. The smallest absolute Gasteiger partial charge is 0.303 e. The molecule has 0 aromatic rings. The number of nitrogens with two attached hydrogens (primary N) is 1. The third-order valence-corrected chi connectivity index (χ3v) is 6.36. The molecule has 0 rings (SSSR count). The van der Waals surface area contributed by atoms with Gasteiger partial charge in [-0.3, -0.25) is 33.6 Å². The maximum absolute atomic E-state index is 12.9. The zero-order valence-electron chi connectivity index (χ0n) is 26.8. The number of hydrogen-bond donors (Lipinski definition) is 8. The minimum atomic E-state index is -1.12. The number of Topliss-reactive ketones (excluding diaryl/α,β-unsaturated/α-hetero) is 1. The summed E-state index contributed by atoms with van der Waals surface area (Å²) in [5, 5.41) is 24.2. The summed E-state index contributed by atoms with van der Waals surface area (Å²) in [5.74, 6) is -4.52. The topological polar surface area (TPSA) is 238 Å². The molecule has 0 spiro atoms. The number of aliphatic carboxylic acids is 1. The molecule has 0 aromatic carbocycles. The van der Waals surface area contributed by atoms with E-state index in [2.05, 4.69) is 31.9 Å². The molecule has 5 amide bonds. The zero-order chi connectivity index (χ0) is 33.7. The van der Waals surface area contributed by atoms with Gasteiger partial charge in [-0.25, -0.2) is 0 Å². The van der Waals surface area contributed by atoms with Crippen LogP contribution in [0.1, 0.15) is 87.0 Å². The first-order chi connectivity index (χ1) is 20.2. The summed E-state index contributed by atoms with van der Waals surface area (Å²) in [5.41, 5.74) is 5.54. The largest absolute Gasteiger partial charge is 0.481 e. The van der Waals surface area contributed by atoms with E-state index in [0.29, 0.717) is 32.2 Å². The van der Waals surface area contributed by atoms with Crippen molar-refractivity contribution in [3.05, 3.63) is 0 Å². The average Bonchev–Trinajstić information content (AvgIpc) is 2.95. The first-order valence-electron chi connectivity index (χ1n) is 14.8. The lowest BCUT2D eigenvalue weighted by atomic mass is 10.1. The number of unbranched alkanes of at least 4 members (excludes halogenated alkanes) is 1. The Kier molecular flexibility index (Phi) is 22.2. The molecule has 0 bridgehead atoms. The third kappa shape index (κ3) is 17.2. The van der Waals surface area contributed by atoms with Crippen LogP contribution < -0.4 is 37.6 Å². The molecule has 0 fully saturated rings. The van der Waals surface area contributed by atoms with Gasteiger partial charge in [-0.1, -0.05) is 20.8 Å². The molecule has 15 nitrogen and oxygen atoms in total. The van der Waals surface area contributed by atoms with Crippen LogP contribution in [0, 0.1) is 0 Å². The number of carboxylic acid groups (broad SMARTS) is 1. The summed E-state index contributed by atoms with van der Waals surface area (Å²) < 4.78 is 0. The molecule has 0 saturated heterocycles. The molecule has 0 radical (unpaired) electrons. The average molecular weight is 616 g/mol. The normalized spacial score (nSPS) is 14.6. The van der Waals surface area contributed by atoms with Crippen LogP contribution in [0.5, 0.6) is 0 Å². The second-order valence-corrected chi connectivity index (χ2v) is 9.89. The van der Waals surface area contributed by atoms with Gasteiger partial charge in [0.2, 0.25) is 29.5 Å². The predicted octanol–water partition coefficient (Wildman–Crippen LogP) is -0.923. The summed E-state index contributed by atoms with van der Waals surface area (Å²) in [4.78, 5) is 85.6. The van der Waals surface area contributed by atoms with Crippen LogP contribution in [0.2, 0.25) is 0 Å². The highest BCUT2D eigenvalue weighted by Gasteiger charge is 2.28. The first kappa shape index (κ1) is 41.5. The molecule has 0 aliphatic heterocycles. The second kappa shape index (κ2) is 22.9. The van der Waals surface area contributed by atoms with Gasteiger partial charge in [0.25, 0.3) is 0 Å². The Hall–Kier alpha value is -3.59. The van der Waals surface area contributed by atoms with Crippen molar-refractivity contribution in [2.24, 2.45) is 5.73 Å². The van der Waals surface area contributed by atoms with E-state index >= 15 is 0 Å². The fraction of sp³-hybridized carbons (Fsp3) is 0.750. The zero-order valence-corrected chi connectivity index (χ0v) is 26.8. The number of nitrogens with one attached hydrogen (secondary N) is 6. The molecule has 43 heavy (non-hydrogen) atoms. The van der Waals surface area contributed by atoms with E-state index in [1.807, 2.05) is 20.8 Å². The maximum Gasteiger partial charge on any atom is 0.303 e. The number of carbonyl (C=O) groups is 7. The van der Waals surface area contributed by atoms with Gasteiger partial charge in [0.05, 0.1) is 12.1 Å². The molecular formula is C28H53N7O8. The van der Waals surface area contributed by atoms with Gasteiger partial charge in [0, 0.05) is 6.42 Å². The molecule has 0 aromatic heterocycles. The van der Waals surface area contributed by atoms with Gasteiger partial charge in [-0.2, -0.15) is 0 Å².